The first kappa shape index (κ1) is 16.2. The fraction of sp³-hybridized carbons (Fsp3) is 0.500. The Hall–Kier alpha value is -1.66. The lowest BCUT2D eigenvalue weighted by atomic mass is 10.0. The number of benzene rings is 1. The van der Waals surface area contributed by atoms with E-state index < -0.39 is 0 Å². The van der Waals surface area contributed by atoms with Gasteiger partial charge in [0.05, 0.1) is 6.04 Å². The summed E-state index contributed by atoms with van der Waals surface area (Å²) in [6.07, 6.45) is 0. The predicted molar refractivity (Wildman–Crippen MR) is 92.0 cm³/mol. The molecule has 124 valence electrons. The molecule has 1 atom stereocenters. The summed E-state index contributed by atoms with van der Waals surface area (Å²) >= 11 is 6.02. The van der Waals surface area contributed by atoms with Gasteiger partial charge in [0.1, 0.15) is 5.69 Å². The summed E-state index contributed by atoms with van der Waals surface area (Å²) in [5, 5.41) is 10.2. The lowest BCUT2D eigenvalue weighted by Gasteiger charge is -2.39. The van der Waals surface area contributed by atoms with E-state index in [0.717, 1.165) is 37.5 Å². The van der Waals surface area contributed by atoms with E-state index in [1.54, 1.807) is 6.07 Å². The summed E-state index contributed by atoms with van der Waals surface area (Å²) in [5.74, 6) is 0.317. The Bertz CT molecular complexity index is 663. The number of piperazine rings is 1. The Morgan fingerprint density at radius 3 is 2.70 bits per heavy atom. The molecule has 23 heavy (non-hydrogen) atoms. The van der Waals surface area contributed by atoms with Gasteiger partial charge >= 0.3 is 0 Å². The van der Waals surface area contributed by atoms with Crippen molar-refractivity contribution in [1.82, 2.24) is 15.2 Å². The molecule has 1 aromatic carbocycles. The minimum Gasteiger partial charge on any atom is -0.338 e. The lowest BCUT2D eigenvalue weighted by Crippen LogP contribution is -2.52. The highest BCUT2D eigenvalue weighted by Gasteiger charge is 2.32. The van der Waals surface area contributed by atoms with Crippen molar-refractivity contribution in [3.63, 3.8) is 0 Å². The third-order valence-electron chi connectivity index (χ3n) is 4.00. The summed E-state index contributed by atoms with van der Waals surface area (Å²) in [4.78, 5) is 6.74. The molecule has 3 rings (SSSR count). The van der Waals surface area contributed by atoms with Gasteiger partial charge in [-0.25, -0.2) is 14.4 Å². The quantitative estimate of drug-likeness (QED) is 0.801. The molecule has 0 amide bonds. The van der Waals surface area contributed by atoms with Crippen LogP contribution in [0.3, 0.4) is 0 Å². The second kappa shape index (κ2) is 6.45. The predicted octanol–water partition coefficient (Wildman–Crippen LogP) is 3.14. The van der Waals surface area contributed by atoms with Crippen LogP contribution in [0.25, 0.3) is 0 Å². The Morgan fingerprint density at radius 1 is 1.35 bits per heavy atom. The van der Waals surface area contributed by atoms with Crippen molar-refractivity contribution in [1.29, 1.82) is 0 Å². The number of hydrazone groups is 1. The third-order valence-corrected chi connectivity index (χ3v) is 4.22. The van der Waals surface area contributed by atoms with Crippen LogP contribution in [0.1, 0.15) is 32.4 Å². The molecule has 2 aliphatic rings. The second-order valence-corrected chi connectivity index (χ2v) is 6.48. The van der Waals surface area contributed by atoms with Crippen LogP contribution in [0.5, 0.6) is 0 Å². The van der Waals surface area contributed by atoms with Crippen LogP contribution in [0, 0.1) is 5.82 Å². The van der Waals surface area contributed by atoms with E-state index in [2.05, 4.69) is 20.3 Å². The SMILES string of the molecule is CC(C)=NN1C(N2CCNCC2)=Nc2c(F)cc(Cl)cc2C1C. The maximum Gasteiger partial charge on any atom is 0.223 e. The average Bonchev–Trinajstić information content (AvgIpc) is 2.51. The number of halogens is 2. The molecule has 0 bridgehead atoms. The number of rotatable bonds is 1. The van der Waals surface area contributed by atoms with E-state index in [4.69, 9.17) is 11.6 Å². The standard InChI is InChI=1S/C16H21ClFN5/c1-10(2)21-23-11(3)13-8-12(17)9-14(18)15(13)20-16(23)22-6-4-19-5-7-22/h8-9,11,19H,4-7H2,1-3H3. The van der Waals surface area contributed by atoms with Gasteiger partial charge in [-0.05, 0) is 32.9 Å². The molecule has 0 aromatic heterocycles. The van der Waals surface area contributed by atoms with Gasteiger partial charge in [-0.3, -0.25) is 0 Å². The van der Waals surface area contributed by atoms with Gasteiger partial charge in [0.2, 0.25) is 5.96 Å². The van der Waals surface area contributed by atoms with Crippen LogP contribution in [-0.4, -0.2) is 47.8 Å². The summed E-state index contributed by atoms with van der Waals surface area (Å²) < 4.78 is 14.4. The minimum atomic E-state index is -0.385. The molecule has 2 heterocycles. The van der Waals surface area contributed by atoms with Gasteiger partial charge in [0, 0.05) is 42.5 Å². The lowest BCUT2D eigenvalue weighted by molar-refractivity contribution is 0.257. The molecule has 1 unspecified atom stereocenters. The average molecular weight is 338 g/mol. The van der Waals surface area contributed by atoms with Crippen LogP contribution in [-0.2, 0) is 0 Å². The highest BCUT2D eigenvalue weighted by Crippen LogP contribution is 2.39. The molecule has 0 radical (unpaired) electrons. The Morgan fingerprint density at radius 2 is 2.04 bits per heavy atom. The highest BCUT2D eigenvalue weighted by molar-refractivity contribution is 6.30. The first-order chi connectivity index (χ1) is 11.0. The smallest absolute Gasteiger partial charge is 0.223 e. The normalized spacial score (nSPS) is 20.9. The van der Waals surface area contributed by atoms with E-state index in [-0.39, 0.29) is 11.9 Å². The monoisotopic (exact) mass is 337 g/mol. The Kier molecular flexibility index (Phi) is 4.55. The maximum absolute atomic E-state index is 14.4. The van der Waals surface area contributed by atoms with Crippen molar-refractivity contribution in [3.8, 4) is 0 Å². The molecular weight excluding hydrogens is 317 g/mol. The van der Waals surface area contributed by atoms with Gasteiger partial charge in [0.25, 0.3) is 0 Å². The zero-order chi connectivity index (χ0) is 16.6. The van der Waals surface area contributed by atoms with Crippen LogP contribution >= 0.6 is 11.6 Å². The highest BCUT2D eigenvalue weighted by atomic mass is 35.5. The van der Waals surface area contributed by atoms with Gasteiger partial charge in [-0.15, -0.1) is 0 Å². The molecular formula is C16H21ClFN5. The van der Waals surface area contributed by atoms with Crippen molar-refractivity contribution in [3.05, 3.63) is 28.5 Å². The van der Waals surface area contributed by atoms with E-state index in [0.29, 0.717) is 16.7 Å². The van der Waals surface area contributed by atoms with Crippen LogP contribution in [0.4, 0.5) is 10.1 Å². The topological polar surface area (TPSA) is 43.2 Å². The van der Waals surface area contributed by atoms with Gasteiger partial charge in [-0.2, -0.15) is 5.10 Å². The first-order valence-corrected chi connectivity index (χ1v) is 8.19. The number of guanidine groups is 1. The van der Waals surface area contributed by atoms with Crippen molar-refractivity contribution >= 4 is 29.0 Å². The molecule has 2 aliphatic heterocycles. The number of nitrogens with zero attached hydrogens (tertiary/aromatic N) is 4. The van der Waals surface area contributed by atoms with Crippen LogP contribution in [0.15, 0.2) is 22.2 Å². The van der Waals surface area contributed by atoms with Crippen molar-refractivity contribution < 1.29 is 4.39 Å². The molecule has 7 heteroatoms. The third kappa shape index (κ3) is 3.19. The molecule has 1 N–H and O–H groups in total. The Labute approximate surface area is 140 Å². The fourth-order valence-corrected chi connectivity index (χ4v) is 3.12. The van der Waals surface area contributed by atoms with E-state index >= 15 is 0 Å². The van der Waals surface area contributed by atoms with Crippen LogP contribution in [0.2, 0.25) is 5.02 Å². The molecule has 1 aromatic rings. The zero-order valence-corrected chi connectivity index (χ0v) is 14.4. The number of nitrogens with one attached hydrogen (secondary N) is 1. The number of fused-ring (bicyclic) bond motifs is 1. The van der Waals surface area contributed by atoms with E-state index in [1.165, 1.54) is 6.07 Å². The molecule has 1 fully saturated rings. The van der Waals surface area contributed by atoms with Crippen LogP contribution < -0.4 is 5.32 Å². The van der Waals surface area contributed by atoms with Crippen molar-refractivity contribution in [2.45, 2.75) is 26.8 Å². The number of aliphatic imine (C=N–C) groups is 1. The number of hydrogen-bond acceptors (Lipinski definition) is 5. The molecule has 0 spiro atoms. The number of hydrogen-bond donors (Lipinski definition) is 1. The molecule has 0 saturated carbocycles. The van der Waals surface area contributed by atoms with Gasteiger partial charge < -0.3 is 10.2 Å². The fourth-order valence-electron chi connectivity index (χ4n) is 2.91. The summed E-state index contributed by atoms with van der Waals surface area (Å²) in [6, 6.07) is 2.96. The summed E-state index contributed by atoms with van der Waals surface area (Å²) in [7, 11) is 0. The summed E-state index contributed by atoms with van der Waals surface area (Å²) in [6.45, 7) is 9.29. The zero-order valence-electron chi connectivity index (χ0n) is 13.6. The van der Waals surface area contributed by atoms with E-state index in [1.807, 2.05) is 25.8 Å². The molecule has 5 nitrogen and oxygen atoms in total. The van der Waals surface area contributed by atoms with Crippen molar-refractivity contribution in [2.75, 3.05) is 26.2 Å². The van der Waals surface area contributed by atoms with Gasteiger partial charge in [-0.1, -0.05) is 11.6 Å². The summed E-state index contributed by atoms with van der Waals surface area (Å²) in [5.41, 5.74) is 2.06. The molecule has 1 saturated heterocycles. The molecule has 0 aliphatic carbocycles. The van der Waals surface area contributed by atoms with Gasteiger partial charge in [0.15, 0.2) is 5.82 Å². The largest absolute Gasteiger partial charge is 0.338 e. The second-order valence-electron chi connectivity index (χ2n) is 6.04. The first-order valence-electron chi connectivity index (χ1n) is 7.81. The minimum absolute atomic E-state index is 0.129. The Balaban J connectivity index is 2.11. The van der Waals surface area contributed by atoms with Crippen molar-refractivity contribution in [2.24, 2.45) is 10.1 Å². The van der Waals surface area contributed by atoms with E-state index in [9.17, 15) is 4.39 Å². The maximum atomic E-state index is 14.4.